The molecule has 40 heavy (non-hydrogen) atoms. The lowest BCUT2D eigenvalue weighted by molar-refractivity contribution is -0.124. The van der Waals surface area contributed by atoms with Gasteiger partial charge in [0.15, 0.2) is 5.03 Å². The van der Waals surface area contributed by atoms with Gasteiger partial charge in [-0.1, -0.05) is 51.3 Å². The number of urea groups is 1. The van der Waals surface area contributed by atoms with E-state index in [2.05, 4.69) is 20.9 Å². The van der Waals surface area contributed by atoms with Gasteiger partial charge in [-0.2, -0.15) is 4.31 Å². The number of aromatic nitrogens is 2. The number of piperazine rings is 1. The number of amides is 3. The monoisotopic (exact) mass is 668 g/mol. The van der Waals surface area contributed by atoms with Crippen LogP contribution in [-0.4, -0.2) is 84.3 Å². The maximum atomic E-state index is 14.2. The highest BCUT2D eigenvalue weighted by atomic mass is 79.9. The summed E-state index contributed by atoms with van der Waals surface area (Å²) in [5.74, 6) is -0.211. The molecule has 0 radical (unpaired) electrons. The minimum absolute atomic E-state index is 0.0986. The van der Waals surface area contributed by atoms with Crippen molar-refractivity contribution < 1.29 is 18.0 Å². The molecule has 1 atom stereocenters. The Morgan fingerprint density at radius 1 is 1.05 bits per heavy atom. The fourth-order valence-corrected chi connectivity index (χ4v) is 7.54. The Bertz CT molecular complexity index is 1570. The summed E-state index contributed by atoms with van der Waals surface area (Å²) in [6.45, 7) is 2.45. The molecule has 2 aliphatic heterocycles. The quantitative estimate of drug-likeness (QED) is 0.396. The molecule has 0 saturated carbocycles. The van der Waals surface area contributed by atoms with Gasteiger partial charge >= 0.3 is 6.03 Å². The van der Waals surface area contributed by atoms with Crippen molar-refractivity contribution in [2.45, 2.75) is 23.9 Å². The number of carbonyl (C=O) groups excluding carboxylic acids is 2. The van der Waals surface area contributed by atoms with Gasteiger partial charge in [0.2, 0.25) is 5.95 Å². The Balaban J connectivity index is 1.58. The molecule has 1 aromatic heterocycles. The maximum Gasteiger partial charge on any atom is 0.319 e. The van der Waals surface area contributed by atoms with Gasteiger partial charge in [0.05, 0.1) is 11.9 Å². The van der Waals surface area contributed by atoms with Gasteiger partial charge in [-0.25, -0.2) is 23.1 Å². The lowest BCUT2D eigenvalue weighted by Crippen LogP contribution is -2.53. The number of rotatable bonds is 5. The highest BCUT2D eigenvalue weighted by Crippen LogP contribution is 2.45. The third-order valence-electron chi connectivity index (χ3n) is 7.13. The van der Waals surface area contributed by atoms with Crippen LogP contribution in [0.4, 0.5) is 16.4 Å². The van der Waals surface area contributed by atoms with E-state index < -0.39 is 15.6 Å². The second-order valence-corrected chi connectivity index (χ2v) is 13.8. The number of halogens is 3. The van der Waals surface area contributed by atoms with Gasteiger partial charge in [0.25, 0.3) is 15.9 Å². The summed E-state index contributed by atoms with van der Waals surface area (Å²) >= 11 is 16.0. The minimum atomic E-state index is -4.09. The number of nitrogens with zero attached hydrogens (tertiary/aromatic N) is 6. The normalized spacial score (nSPS) is 19.7. The van der Waals surface area contributed by atoms with E-state index in [1.54, 1.807) is 44.1 Å². The molecule has 2 aromatic carbocycles. The number of imidazole rings is 1. The molecule has 3 heterocycles. The first kappa shape index (κ1) is 28.9. The first-order chi connectivity index (χ1) is 18.8. The molecule has 0 N–H and O–H groups in total. The largest absolute Gasteiger partial charge is 0.331 e. The second-order valence-electron chi connectivity index (χ2n) is 10.1. The Morgan fingerprint density at radius 3 is 2.23 bits per heavy atom. The second kappa shape index (κ2) is 10.6. The molecule has 10 nitrogen and oxygen atoms in total. The van der Waals surface area contributed by atoms with Crippen LogP contribution in [0.5, 0.6) is 0 Å². The van der Waals surface area contributed by atoms with Gasteiger partial charge in [-0.05, 0) is 42.8 Å². The van der Waals surface area contributed by atoms with E-state index in [0.717, 1.165) is 10.0 Å². The van der Waals surface area contributed by atoms with Gasteiger partial charge in [0, 0.05) is 61.2 Å². The van der Waals surface area contributed by atoms with Crippen molar-refractivity contribution in [1.29, 1.82) is 0 Å². The van der Waals surface area contributed by atoms with Crippen LogP contribution < -0.4 is 4.90 Å². The zero-order chi connectivity index (χ0) is 29.0. The Hall–Kier alpha value is -2.64. The lowest BCUT2D eigenvalue weighted by Gasteiger charge is -2.35. The molecule has 212 valence electrons. The number of hydrogen-bond donors (Lipinski definition) is 0. The van der Waals surface area contributed by atoms with Crippen LogP contribution in [-0.2, 0) is 26.8 Å². The smallest absolute Gasteiger partial charge is 0.319 e. The van der Waals surface area contributed by atoms with E-state index in [-0.39, 0.29) is 55.5 Å². The van der Waals surface area contributed by atoms with Crippen LogP contribution in [0.15, 0.2) is 58.2 Å². The summed E-state index contributed by atoms with van der Waals surface area (Å²) < 4.78 is 31.8. The van der Waals surface area contributed by atoms with E-state index in [9.17, 15) is 18.0 Å². The summed E-state index contributed by atoms with van der Waals surface area (Å²) in [6.07, 6.45) is 1.49. The number of fused-ring (bicyclic) bond motifs is 1. The van der Waals surface area contributed by atoms with Crippen molar-refractivity contribution in [3.05, 3.63) is 68.7 Å². The van der Waals surface area contributed by atoms with Gasteiger partial charge in [-0.3, -0.25) is 9.36 Å². The van der Waals surface area contributed by atoms with Crippen LogP contribution in [0.2, 0.25) is 10.0 Å². The molecule has 0 spiro atoms. The zero-order valence-electron chi connectivity index (χ0n) is 22.0. The first-order valence-electron chi connectivity index (χ1n) is 12.4. The SMILES string of the molecule is CN(C)C(=O)N1CCN(S(=O)(=O)c2cnc3n2[C@](C)(Cc2ccc(Br)cc2)C(=O)N3c2cc(Cl)cc(Cl)c2)CC1. The fourth-order valence-electron chi connectivity index (χ4n) is 5.15. The van der Waals surface area contributed by atoms with Crippen molar-refractivity contribution >= 4 is 72.7 Å². The number of sulfonamides is 1. The summed E-state index contributed by atoms with van der Waals surface area (Å²) in [5, 5.41) is 0.555. The van der Waals surface area contributed by atoms with Gasteiger partial charge < -0.3 is 9.80 Å². The van der Waals surface area contributed by atoms with E-state index in [1.165, 1.54) is 24.9 Å². The Kier molecular flexibility index (Phi) is 7.68. The number of hydrogen-bond acceptors (Lipinski definition) is 5. The maximum absolute atomic E-state index is 14.2. The number of benzene rings is 2. The van der Waals surface area contributed by atoms with Crippen LogP contribution in [0, 0.1) is 0 Å². The molecule has 0 bridgehead atoms. The van der Waals surface area contributed by atoms with Crippen molar-refractivity contribution in [2.75, 3.05) is 45.2 Å². The summed E-state index contributed by atoms with van der Waals surface area (Å²) in [6, 6.07) is 12.1. The molecule has 0 unspecified atom stereocenters. The van der Waals surface area contributed by atoms with Crippen molar-refractivity contribution in [3.8, 4) is 0 Å². The molecule has 1 fully saturated rings. The number of carbonyl (C=O) groups is 2. The third kappa shape index (κ3) is 5.00. The number of anilines is 2. The van der Waals surface area contributed by atoms with E-state index >= 15 is 0 Å². The fraction of sp³-hybridized carbons (Fsp3) is 0.346. The molecule has 2 aliphatic rings. The highest BCUT2D eigenvalue weighted by molar-refractivity contribution is 9.10. The molecular formula is C26H27BrCl2N6O4S. The third-order valence-corrected chi connectivity index (χ3v) is 9.96. The summed E-state index contributed by atoms with van der Waals surface area (Å²) in [5.41, 5.74) is -0.114. The van der Waals surface area contributed by atoms with E-state index in [4.69, 9.17) is 23.2 Å². The topological polar surface area (TPSA) is 99.1 Å². The molecule has 3 aromatic rings. The van der Waals surface area contributed by atoms with Crippen LogP contribution >= 0.6 is 39.1 Å². The van der Waals surface area contributed by atoms with Gasteiger partial charge in [0.1, 0.15) is 5.54 Å². The average molecular weight is 670 g/mol. The molecule has 0 aliphatic carbocycles. The van der Waals surface area contributed by atoms with Crippen LogP contribution in [0.1, 0.15) is 12.5 Å². The van der Waals surface area contributed by atoms with Crippen molar-refractivity contribution in [3.63, 3.8) is 0 Å². The standard InChI is InChI=1S/C26H27BrCl2N6O4S/c1-26(15-17-4-6-18(27)7-5-17)23(36)34(21-13-19(28)12-20(29)14-21)24-30-16-22(35(24)26)40(38,39)33-10-8-32(9-11-33)25(37)31(2)3/h4-7,12-14,16H,8-11,15H2,1-3H3/t26-/m1/s1. The van der Waals surface area contributed by atoms with Crippen LogP contribution in [0.25, 0.3) is 0 Å². The molecule has 3 amide bonds. The molecule has 5 rings (SSSR count). The Labute approximate surface area is 251 Å². The molecule has 14 heteroatoms. The molecular weight excluding hydrogens is 643 g/mol. The Morgan fingerprint density at radius 2 is 1.65 bits per heavy atom. The summed E-state index contributed by atoms with van der Waals surface area (Å²) in [4.78, 5) is 35.4. The summed E-state index contributed by atoms with van der Waals surface area (Å²) in [7, 11) is -0.773. The minimum Gasteiger partial charge on any atom is -0.331 e. The van der Waals surface area contributed by atoms with Crippen molar-refractivity contribution in [1.82, 2.24) is 23.7 Å². The first-order valence-corrected chi connectivity index (χ1v) is 15.4. The molecule has 1 saturated heterocycles. The van der Waals surface area contributed by atoms with Crippen molar-refractivity contribution in [2.24, 2.45) is 0 Å². The average Bonchev–Trinajstić information content (AvgIpc) is 3.43. The van der Waals surface area contributed by atoms with E-state index in [1.807, 2.05) is 24.3 Å². The predicted octanol–water partition coefficient (Wildman–Crippen LogP) is 4.58. The van der Waals surface area contributed by atoms with Crippen LogP contribution in [0.3, 0.4) is 0 Å². The highest BCUT2D eigenvalue weighted by Gasteiger charge is 2.52. The van der Waals surface area contributed by atoms with Gasteiger partial charge in [-0.15, -0.1) is 0 Å². The lowest BCUT2D eigenvalue weighted by atomic mass is 9.92. The van der Waals surface area contributed by atoms with E-state index in [0.29, 0.717) is 15.7 Å². The zero-order valence-corrected chi connectivity index (χ0v) is 25.9. The predicted molar refractivity (Wildman–Crippen MR) is 157 cm³/mol.